The van der Waals surface area contributed by atoms with Crippen LogP contribution in [0.5, 0.6) is 0 Å². The number of hydrogen-bond donors (Lipinski definition) is 1. The van der Waals surface area contributed by atoms with E-state index in [4.69, 9.17) is 4.74 Å². The summed E-state index contributed by atoms with van der Waals surface area (Å²) in [7, 11) is 1.64. The average Bonchev–Trinajstić information content (AvgIpc) is 2.63. The minimum absolute atomic E-state index is 0.363. The topological polar surface area (TPSA) is 49.8 Å². The Morgan fingerprint density at radius 3 is 2.36 bits per heavy atom. The fourth-order valence-electron chi connectivity index (χ4n) is 1.15. The van der Waals surface area contributed by atoms with E-state index in [1.54, 1.807) is 7.05 Å². The van der Waals surface area contributed by atoms with Crippen molar-refractivity contribution in [2.75, 3.05) is 13.6 Å². The first-order valence-corrected chi connectivity index (χ1v) is 4.88. The molecule has 1 aliphatic rings. The Balaban J connectivity index is 2.37. The molecule has 0 heterocycles. The molecule has 0 unspecified atom stereocenters. The normalized spacial score (nSPS) is 18.9. The second-order valence-electron chi connectivity index (χ2n) is 5.06. The van der Waals surface area contributed by atoms with E-state index in [0.717, 1.165) is 12.8 Å². The molecule has 1 fully saturated rings. The molecule has 0 aliphatic heterocycles. The molecule has 0 aromatic carbocycles. The van der Waals surface area contributed by atoms with Crippen LogP contribution in [0.1, 0.15) is 33.6 Å². The molecule has 4 heteroatoms. The largest absolute Gasteiger partial charge is 0.444 e. The van der Waals surface area contributed by atoms with Crippen molar-refractivity contribution in [3.8, 4) is 0 Å². The van der Waals surface area contributed by atoms with Crippen LogP contribution in [0, 0.1) is 0 Å². The number of hydrogen-bond acceptors (Lipinski definition) is 3. The summed E-state index contributed by atoms with van der Waals surface area (Å²) >= 11 is 0. The van der Waals surface area contributed by atoms with E-state index in [9.17, 15) is 9.90 Å². The first kappa shape index (κ1) is 11.3. The maximum absolute atomic E-state index is 11.5. The first-order chi connectivity index (χ1) is 6.22. The Kier molecular flexibility index (Phi) is 2.76. The van der Waals surface area contributed by atoms with Gasteiger partial charge in [-0.3, -0.25) is 0 Å². The van der Waals surface area contributed by atoms with Crippen LogP contribution in [0.4, 0.5) is 4.79 Å². The van der Waals surface area contributed by atoms with Gasteiger partial charge in [-0.15, -0.1) is 0 Å². The monoisotopic (exact) mass is 201 g/mol. The number of amides is 1. The molecule has 0 spiro atoms. The van der Waals surface area contributed by atoms with Crippen molar-refractivity contribution < 1.29 is 14.6 Å². The van der Waals surface area contributed by atoms with E-state index in [2.05, 4.69) is 0 Å². The highest BCUT2D eigenvalue weighted by atomic mass is 16.6. The van der Waals surface area contributed by atoms with E-state index in [0.29, 0.717) is 6.54 Å². The molecule has 1 rings (SSSR count). The lowest BCUT2D eigenvalue weighted by Gasteiger charge is -2.25. The number of ether oxygens (including phenoxy) is 1. The van der Waals surface area contributed by atoms with Gasteiger partial charge in [0.05, 0.1) is 12.1 Å². The maximum Gasteiger partial charge on any atom is 0.410 e. The maximum atomic E-state index is 11.5. The Morgan fingerprint density at radius 1 is 1.50 bits per heavy atom. The van der Waals surface area contributed by atoms with E-state index >= 15 is 0 Å². The lowest BCUT2D eigenvalue weighted by atomic mass is 10.2. The third kappa shape index (κ3) is 3.54. The van der Waals surface area contributed by atoms with Crippen LogP contribution in [0.15, 0.2) is 0 Å². The van der Waals surface area contributed by atoms with Gasteiger partial charge in [-0.05, 0) is 33.6 Å². The van der Waals surface area contributed by atoms with Gasteiger partial charge in [0.15, 0.2) is 0 Å². The molecule has 4 nitrogen and oxygen atoms in total. The van der Waals surface area contributed by atoms with Crippen LogP contribution in [0.3, 0.4) is 0 Å². The third-order valence-electron chi connectivity index (χ3n) is 2.06. The van der Waals surface area contributed by atoms with Crippen LogP contribution in [-0.2, 0) is 4.74 Å². The number of nitrogens with zero attached hydrogens (tertiary/aromatic N) is 1. The molecule has 1 amide bonds. The van der Waals surface area contributed by atoms with Crippen LogP contribution in [0.2, 0.25) is 0 Å². The predicted octanol–water partition coefficient (Wildman–Crippen LogP) is 1.38. The predicted molar refractivity (Wildman–Crippen MR) is 53.0 cm³/mol. The molecule has 14 heavy (non-hydrogen) atoms. The Bertz CT molecular complexity index is 228. The van der Waals surface area contributed by atoms with Gasteiger partial charge >= 0.3 is 6.09 Å². The van der Waals surface area contributed by atoms with E-state index in [1.165, 1.54) is 4.90 Å². The number of likely N-dealkylation sites (N-methyl/N-ethyl adjacent to an activating group) is 1. The molecule has 0 atom stereocenters. The van der Waals surface area contributed by atoms with Gasteiger partial charge in [0, 0.05) is 7.05 Å². The van der Waals surface area contributed by atoms with Crippen molar-refractivity contribution in [1.82, 2.24) is 4.90 Å². The molecule has 1 saturated carbocycles. The van der Waals surface area contributed by atoms with Crippen LogP contribution >= 0.6 is 0 Å². The molecule has 0 saturated heterocycles. The van der Waals surface area contributed by atoms with Crippen LogP contribution in [0.25, 0.3) is 0 Å². The quantitative estimate of drug-likeness (QED) is 0.734. The molecular formula is C10H19NO3. The highest BCUT2D eigenvalue weighted by Crippen LogP contribution is 2.35. The number of carbonyl (C=O) groups is 1. The SMILES string of the molecule is CN(CC1(O)CC1)C(=O)OC(C)(C)C. The number of carbonyl (C=O) groups excluding carboxylic acids is 1. The van der Waals surface area contributed by atoms with Crippen molar-refractivity contribution in [2.24, 2.45) is 0 Å². The molecule has 0 bridgehead atoms. The zero-order valence-electron chi connectivity index (χ0n) is 9.33. The van der Waals surface area contributed by atoms with E-state index < -0.39 is 11.2 Å². The van der Waals surface area contributed by atoms with Crippen molar-refractivity contribution in [2.45, 2.75) is 44.8 Å². The molecule has 0 radical (unpaired) electrons. The van der Waals surface area contributed by atoms with Gasteiger partial charge in [-0.25, -0.2) is 4.79 Å². The molecule has 1 aliphatic carbocycles. The van der Waals surface area contributed by atoms with Gasteiger partial charge in [0.25, 0.3) is 0 Å². The highest BCUT2D eigenvalue weighted by molar-refractivity contribution is 5.67. The minimum Gasteiger partial charge on any atom is -0.444 e. The molecule has 0 aromatic rings. The first-order valence-electron chi connectivity index (χ1n) is 4.88. The van der Waals surface area contributed by atoms with Crippen molar-refractivity contribution in [3.05, 3.63) is 0 Å². The van der Waals surface area contributed by atoms with Gasteiger partial charge in [0.1, 0.15) is 5.60 Å². The summed E-state index contributed by atoms with van der Waals surface area (Å²) in [4.78, 5) is 12.9. The Morgan fingerprint density at radius 2 is 2.00 bits per heavy atom. The van der Waals surface area contributed by atoms with Crippen molar-refractivity contribution in [3.63, 3.8) is 0 Å². The van der Waals surface area contributed by atoms with E-state index in [-0.39, 0.29) is 6.09 Å². The lowest BCUT2D eigenvalue weighted by Crippen LogP contribution is -2.39. The molecule has 1 N–H and O–H groups in total. The number of rotatable bonds is 2. The van der Waals surface area contributed by atoms with E-state index in [1.807, 2.05) is 20.8 Å². The van der Waals surface area contributed by atoms with Crippen LogP contribution < -0.4 is 0 Å². The summed E-state index contributed by atoms with van der Waals surface area (Å²) < 4.78 is 5.15. The second-order valence-corrected chi connectivity index (χ2v) is 5.06. The zero-order chi connectivity index (χ0) is 11.0. The standard InChI is InChI=1S/C10H19NO3/c1-9(2,3)14-8(12)11(4)7-10(13)5-6-10/h13H,5-7H2,1-4H3. The van der Waals surface area contributed by atoms with Crippen LogP contribution in [-0.4, -0.2) is 40.9 Å². The molecule has 82 valence electrons. The van der Waals surface area contributed by atoms with Gasteiger partial charge in [0.2, 0.25) is 0 Å². The summed E-state index contributed by atoms with van der Waals surface area (Å²) in [6.07, 6.45) is 1.18. The zero-order valence-corrected chi connectivity index (χ0v) is 9.33. The number of aliphatic hydroxyl groups is 1. The summed E-state index contributed by atoms with van der Waals surface area (Å²) in [5, 5.41) is 9.60. The van der Waals surface area contributed by atoms with Crippen molar-refractivity contribution in [1.29, 1.82) is 0 Å². The van der Waals surface area contributed by atoms with Gasteiger partial charge < -0.3 is 14.7 Å². The summed E-state index contributed by atoms with van der Waals surface area (Å²) in [5.41, 5.74) is -1.12. The fraction of sp³-hybridized carbons (Fsp3) is 0.900. The molecule has 0 aromatic heterocycles. The second kappa shape index (κ2) is 3.42. The fourth-order valence-corrected chi connectivity index (χ4v) is 1.15. The smallest absolute Gasteiger partial charge is 0.410 e. The minimum atomic E-state index is -0.647. The summed E-state index contributed by atoms with van der Waals surface area (Å²) in [6.45, 7) is 5.83. The average molecular weight is 201 g/mol. The highest BCUT2D eigenvalue weighted by Gasteiger charge is 2.42. The van der Waals surface area contributed by atoms with Gasteiger partial charge in [-0.2, -0.15) is 0 Å². The summed E-state index contributed by atoms with van der Waals surface area (Å²) in [5.74, 6) is 0. The Labute approximate surface area is 84.8 Å². The van der Waals surface area contributed by atoms with Crippen molar-refractivity contribution >= 4 is 6.09 Å². The Hall–Kier alpha value is -0.770. The summed E-state index contributed by atoms with van der Waals surface area (Å²) in [6, 6.07) is 0. The molecular weight excluding hydrogens is 182 g/mol. The van der Waals surface area contributed by atoms with Gasteiger partial charge in [-0.1, -0.05) is 0 Å². The third-order valence-corrected chi connectivity index (χ3v) is 2.06. The lowest BCUT2D eigenvalue weighted by molar-refractivity contribution is 0.0174.